The molecule has 2 fully saturated rings. The van der Waals surface area contributed by atoms with Crippen LogP contribution in [0.2, 0.25) is 0 Å². The third kappa shape index (κ3) is 3.19. The van der Waals surface area contributed by atoms with Gasteiger partial charge < -0.3 is 15.2 Å². The van der Waals surface area contributed by atoms with Crippen LogP contribution < -0.4 is 5.73 Å². The minimum atomic E-state index is -0.0475. The Labute approximate surface area is 98.7 Å². The summed E-state index contributed by atoms with van der Waals surface area (Å²) in [6.45, 7) is 5.71. The van der Waals surface area contributed by atoms with Crippen LogP contribution in [0.5, 0.6) is 0 Å². The van der Waals surface area contributed by atoms with Crippen molar-refractivity contribution in [3.8, 4) is 0 Å². The predicted molar refractivity (Wildman–Crippen MR) is 64.4 cm³/mol. The Morgan fingerprint density at radius 3 is 2.50 bits per heavy atom. The number of rotatable bonds is 4. The van der Waals surface area contributed by atoms with Crippen molar-refractivity contribution in [2.45, 2.75) is 69.6 Å². The molecule has 3 heteroatoms. The average Bonchev–Trinajstić information content (AvgIpc) is 2.74. The van der Waals surface area contributed by atoms with E-state index in [4.69, 9.17) is 15.2 Å². The van der Waals surface area contributed by atoms with Gasteiger partial charge >= 0.3 is 0 Å². The normalized spacial score (nSPS) is 32.1. The van der Waals surface area contributed by atoms with Gasteiger partial charge in [0.1, 0.15) is 0 Å². The van der Waals surface area contributed by atoms with E-state index in [1.807, 2.05) is 0 Å². The minimum Gasteiger partial charge on any atom is -0.377 e. The van der Waals surface area contributed by atoms with Crippen molar-refractivity contribution < 1.29 is 9.47 Å². The Kier molecular flexibility index (Phi) is 3.57. The smallest absolute Gasteiger partial charge is 0.0816 e. The van der Waals surface area contributed by atoms with Gasteiger partial charge in [-0.05, 0) is 39.5 Å². The molecule has 1 unspecified atom stereocenters. The van der Waals surface area contributed by atoms with Crippen LogP contribution in [0.3, 0.4) is 0 Å². The predicted octanol–water partition coefficient (Wildman–Crippen LogP) is 2.23. The van der Waals surface area contributed by atoms with Gasteiger partial charge in [-0.2, -0.15) is 0 Å². The molecule has 16 heavy (non-hydrogen) atoms. The molecular weight excluding hydrogens is 202 g/mol. The average molecular weight is 227 g/mol. The summed E-state index contributed by atoms with van der Waals surface area (Å²) in [6, 6.07) is 0. The number of hydrogen-bond donors (Lipinski definition) is 1. The van der Waals surface area contributed by atoms with E-state index in [2.05, 4.69) is 13.8 Å². The first-order chi connectivity index (χ1) is 7.49. The summed E-state index contributed by atoms with van der Waals surface area (Å²) in [7, 11) is 0. The Morgan fingerprint density at radius 1 is 1.25 bits per heavy atom. The maximum atomic E-state index is 6.23. The van der Waals surface area contributed by atoms with E-state index < -0.39 is 0 Å². The molecule has 1 heterocycles. The van der Waals surface area contributed by atoms with Gasteiger partial charge in [-0.1, -0.05) is 12.8 Å². The molecule has 0 aromatic rings. The van der Waals surface area contributed by atoms with E-state index in [1.54, 1.807) is 0 Å². The van der Waals surface area contributed by atoms with E-state index in [9.17, 15) is 0 Å². The van der Waals surface area contributed by atoms with E-state index in [0.29, 0.717) is 13.2 Å². The molecule has 1 aliphatic carbocycles. The molecule has 2 N–H and O–H groups in total. The number of ether oxygens (including phenoxy) is 2. The van der Waals surface area contributed by atoms with E-state index in [0.717, 1.165) is 25.7 Å². The first kappa shape index (κ1) is 12.3. The van der Waals surface area contributed by atoms with Crippen molar-refractivity contribution in [1.29, 1.82) is 0 Å². The number of nitrogens with two attached hydrogens (primary N) is 1. The standard InChI is InChI=1S/C13H25NO2/c1-12(2)8-5-11(16-12)9-15-10-13(14)6-3-4-7-13/h11H,3-10,14H2,1-2H3. The lowest BCUT2D eigenvalue weighted by Crippen LogP contribution is -2.42. The summed E-state index contributed by atoms with van der Waals surface area (Å²) in [6.07, 6.45) is 7.27. The molecule has 2 aliphatic rings. The number of hydrogen-bond acceptors (Lipinski definition) is 3. The summed E-state index contributed by atoms with van der Waals surface area (Å²) >= 11 is 0. The molecule has 1 aliphatic heterocycles. The van der Waals surface area contributed by atoms with Gasteiger partial charge in [0.05, 0.1) is 24.9 Å². The third-order valence-electron chi connectivity index (χ3n) is 3.85. The van der Waals surface area contributed by atoms with Gasteiger partial charge in [-0.3, -0.25) is 0 Å². The molecular formula is C13H25NO2. The molecule has 1 saturated heterocycles. The van der Waals surface area contributed by atoms with E-state index >= 15 is 0 Å². The third-order valence-corrected chi connectivity index (χ3v) is 3.85. The second kappa shape index (κ2) is 4.63. The summed E-state index contributed by atoms with van der Waals surface area (Å²) in [4.78, 5) is 0. The quantitative estimate of drug-likeness (QED) is 0.801. The molecule has 94 valence electrons. The fraction of sp³-hybridized carbons (Fsp3) is 1.00. The van der Waals surface area contributed by atoms with E-state index in [1.165, 1.54) is 12.8 Å². The fourth-order valence-electron chi connectivity index (χ4n) is 2.81. The lowest BCUT2D eigenvalue weighted by Gasteiger charge is -2.25. The van der Waals surface area contributed by atoms with Crippen molar-refractivity contribution in [2.75, 3.05) is 13.2 Å². The van der Waals surface area contributed by atoms with Gasteiger partial charge in [-0.25, -0.2) is 0 Å². The molecule has 1 atom stereocenters. The zero-order chi connectivity index (χ0) is 11.6. The first-order valence-electron chi connectivity index (χ1n) is 6.54. The lowest BCUT2D eigenvalue weighted by atomic mass is 10.0. The molecule has 0 aromatic heterocycles. The Bertz CT molecular complexity index is 234. The highest BCUT2D eigenvalue weighted by Crippen LogP contribution is 2.30. The van der Waals surface area contributed by atoms with Gasteiger partial charge in [0, 0.05) is 5.54 Å². The van der Waals surface area contributed by atoms with Gasteiger partial charge in [0.15, 0.2) is 0 Å². The van der Waals surface area contributed by atoms with Crippen LogP contribution in [0, 0.1) is 0 Å². The summed E-state index contributed by atoms with van der Waals surface area (Å²) < 4.78 is 11.6. The molecule has 0 spiro atoms. The molecule has 0 bridgehead atoms. The monoisotopic (exact) mass is 227 g/mol. The zero-order valence-corrected chi connectivity index (χ0v) is 10.6. The summed E-state index contributed by atoms with van der Waals surface area (Å²) in [5, 5.41) is 0. The van der Waals surface area contributed by atoms with Crippen molar-refractivity contribution in [1.82, 2.24) is 0 Å². The van der Waals surface area contributed by atoms with Crippen LogP contribution in [-0.4, -0.2) is 30.5 Å². The van der Waals surface area contributed by atoms with Gasteiger partial charge in [0.2, 0.25) is 0 Å². The van der Waals surface area contributed by atoms with Crippen LogP contribution in [-0.2, 0) is 9.47 Å². The highest BCUT2D eigenvalue weighted by Gasteiger charge is 2.33. The van der Waals surface area contributed by atoms with Crippen molar-refractivity contribution >= 4 is 0 Å². The Balaban J connectivity index is 1.65. The first-order valence-corrected chi connectivity index (χ1v) is 6.54. The van der Waals surface area contributed by atoms with Crippen LogP contribution in [0.25, 0.3) is 0 Å². The fourth-order valence-corrected chi connectivity index (χ4v) is 2.81. The Morgan fingerprint density at radius 2 is 1.94 bits per heavy atom. The molecule has 0 amide bonds. The molecule has 3 nitrogen and oxygen atoms in total. The second-order valence-corrected chi connectivity index (χ2v) is 6.12. The largest absolute Gasteiger partial charge is 0.377 e. The summed E-state index contributed by atoms with van der Waals surface area (Å²) in [5.41, 5.74) is 6.23. The van der Waals surface area contributed by atoms with Crippen LogP contribution in [0.15, 0.2) is 0 Å². The van der Waals surface area contributed by atoms with Gasteiger partial charge in [0.25, 0.3) is 0 Å². The SMILES string of the molecule is CC1(C)CCC(COCC2(N)CCCC2)O1. The maximum Gasteiger partial charge on any atom is 0.0816 e. The molecule has 2 rings (SSSR count). The molecule has 0 aromatic carbocycles. The molecule has 1 saturated carbocycles. The van der Waals surface area contributed by atoms with Crippen molar-refractivity contribution in [2.24, 2.45) is 5.73 Å². The maximum absolute atomic E-state index is 6.23. The van der Waals surface area contributed by atoms with E-state index in [-0.39, 0.29) is 17.2 Å². The highest BCUT2D eigenvalue weighted by atomic mass is 16.5. The van der Waals surface area contributed by atoms with Crippen LogP contribution in [0.4, 0.5) is 0 Å². The zero-order valence-electron chi connectivity index (χ0n) is 10.6. The second-order valence-electron chi connectivity index (χ2n) is 6.12. The summed E-state index contributed by atoms with van der Waals surface area (Å²) in [5.74, 6) is 0. The Hall–Kier alpha value is -0.120. The molecule has 0 radical (unpaired) electrons. The van der Waals surface area contributed by atoms with Crippen molar-refractivity contribution in [3.63, 3.8) is 0 Å². The highest BCUT2D eigenvalue weighted by molar-refractivity contribution is 4.89. The lowest BCUT2D eigenvalue weighted by molar-refractivity contribution is -0.0591. The van der Waals surface area contributed by atoms with Crippen LogP contribution in [0.1, 0.15) is 52.4 Å². The van der Waals surface area contributed by atoms with Crippen molar-refractivity contribution in [3.05, 3.63) is 0 Å². The van der Waals surface area contributed by atoms with Gasteiger partial charge in [-0.15, -0.1) is 0 Å². The van der Waals surface area contributed by atoms with Crippen LogP contribution >= 0.6 is 0 Å². The topological polar surface area (TPSA) is 44.5 Å². The minimum absolute atomic E-state index is 0.0434.